The lowest BCUT2D eigenvalue weighted by Gasteiger charge is -2.15. The first-order chi connectivity index (χ1) is 13.0. The van der Waals surface area contributed by atoms with Crippen molar-refractivity contribution in [3.05, 3.63) is 65.7 Å². The van der Waals surface area contributed by atoms with E-state index in [0.29, 0.717) is 11.7 Å². The fraction of sp³-hybridized carbons (Fsp3) is 0.300. The van der Waals surface area contributed by atoms with Crippen molar-refractivity contribution < 1.29 is 4.79 Å². The predicted molar refractivity (Wildman–Crippen MR) is 107 cm³/mol. The summed E-state index contributed by atoms with van der Waals surface area (Å²) in [6.07, 6.45) is 0. The summed E-state index contributed by atoms with van der Waals surface area (Å²) in [5, 5.41) is 15.2. The van der Waals surface area contributed by atoms with Gasteiger partial charge in [-0.1, -0.05) is 61.2 Å². The molecule has 0 bridgehead atoms. The molecule has 2 aromatic carbocycles. The van der Waals surface area contributed by atoms with Crippen LogP contribution in [-0.2, 0) is 4.79 Å². The Hall–Kier alpha value is -2.67. The van der Waals surface area contributed by atoms with E-state index in [4.69, 9.17) is 0 Å². The smallest absolute Gasteiger partial charge is 0.233 e. The molecule has 0 aliphatic carbocycles. The lowest BCUT2D eigenvalue weighted by molar-refractivity contribution is -0.120. The molecule has 2 atom stereocenters. The molecule has 0 saturated carbocycles. The topological polar surface area (TPSA) is 72.7 Å². The molecule has 0 fully saturated rings. The van der Waals surface area contributed by atoms with E-state index < -0.39 is 0 Å². The minimum Gasteiger partial charge on any atom is -0.355 e. The van der Waals surface area contributed by atoms with Crippen LogP contribution >= 0.6 is 11.8 Å². The highest BCUT2D eigenvalue weighted by Gasteiger charge is 2.19. The van der Waals surface area contributed by atoms with E-state index in [2.05, 4.69) is 39.9 Å². The lowest BCUT2D eigenvalue weighted by Crippen LogP contribution is -2.33. The molecule has 0 saturated heterocycles. The highest BCUT2D eigenvalue weighted by molar-refractivity contribution is 8.00. The molecule has 0 aliphatic rings. The highest BCUT2D eigenvalue weighted by atomic mass is 32.2. The Morgan fingerprint density at radius 3 is 2.67 bits per heavy atom. The maximum atomic E-state index is 12.5. The van der Waals surface area contributed by atoms with Crippen LogP contribution in [0.2, 0.25) is 0 Å². The van der Waals surface area contributed by atoms with Crippen molar-refractivity contribution >= 4 is 17.7 Å². The number of benzene rings is 2. The third-order valence-corrected chi connectivity index (χ3v) is 5.32. The second-order valence-electron chi connectivity index (χ2n) is 6.53. The highest BCUT2D eigenvalue weighted by Crippen LogP contribution is 2.23. The molecule has 6 nitrogen and oxygen atoms in total. The van der Waals surface area contributed by atoms with Crippen LogP contribution in [0.1, 0.15) is 30.9 Å². The van der Waals surface area contributed by atoms with Crippen molar-refractivity contribution in [2.24, 2.45) is 0 Å². The van der Waals surface area contributed by atoms with Crippen LogP contribution in [0.25, 0.3) is 5.69 Å². The first kappa shape index (κ1) is 19.1. The number of amides is 1. The van der Waals surface area contributed by atoms with Crippen LogP contribution < -0.4 is 5.32 Å². The zero-order valence-electron chi connectivity index (χ0n) is 15.7. The maximum Gasteiger partial charge on any atom is 0.233 e. The third-order valence-electron chi connectivity index (χ3n) is 4.29. The molecule has 0 aliphatic heterocycles. The lowest BCUT2D eigenvalue weighted by atomic mass is 10.0. The van der Waals surface area contributed by atoms with Gasteiger partial charge >= 0.3 is 0 Å². The van der Waals surface area contributed by atoms with Gasteiger partial charge in [0, 0.05) is 6.54 Å². The quantitative estimate of drug-likeness (QED) is 0.635. The Bertz CT molecular complexity index is 896. The predicted octanol–water partition coefficient (Wildman–Crippen LogP) is 3.37. The SMILES string of the molecule is Cc1cccc(-n2nnnc2SC(C)C(=O)NCC(C)c2ccccc2)c1. The van der Waals surface area contributed by atoms with Gasteiger partial charge in [-0.25, -0.2) is 0 Å². The fourth-order valence-corrected chi connectivity index (χ4v) is 3.51. The maximum absolute atomic E-state index is 12.5. The van der Waals surface area contributed by atoms with Crippen LogP contribution in [-0.4, -0.2) is 37.9 Å². The summed E-state index contributed by atoms with van der Waals surface area (Å²) in [6, 6.07) is 18.1. The van der Waals surface area contributed by atoms with Crippen LogP contribution in [0.4, 0.5) is 0 Å². The molecule has 1 N–H and O–H groups in total. The average molecular weight is 382 g/mol. The first-order valence-corrected chi connectivity index (χ1v) is 9.77. The van der Waals surface area contributed by atoms with Crippen molar-refractivity contribution in [3.8, 4) is 5.69 Å². The van der Waals surface area contributed by atoms with E-state index in [1.54, 1.807) is 4.68 Å². The monoisotopic (exact) mass is 381 g/mol. The summed E-state index contributed by atoms with van der Waals surface area (Å²) >= 11 is 1.35. The van der Waals surface area contributed by atoms with Crippen molar-refractivity contribution in [1.29, 1.82) is 0 Å². The van der Waals surface area contributed by atoms with Crippen LogP contribution in [0, 0.1) is 6.92 Å². The summed E-state index contributed by atoms with van der Waals surface area (Å²) in [7, 11) is 0. The normalized spacial score (nSPS) is 13.1. The Balaban J connectivity index is 1.60. The zero-order chi connectivity index (χ0) is 19.2. The van der Waals surface area contributed by atoms with Crippen LogP contribution in [0.5, 0.6) is 0 Å². The summed E-state index contributed by atoms with van der Waals surface area (Å²) in [4.78, 5) is 12.5. The minimum atomic E-state index is -0.303. The molecule has 2 unspecified atom stereocenters. The van der Waals surface area contributed by atoms with E-state index in [9.17, 15) is 4.79 Å². The molecule has 1 aromatic heterocycles. The average Bonchev–Trinajstić information content (AvgIpc) is 3.14. The molecule has 0 spiro atoms. The van der Waals surface area contributed by atoms with Crippen molar-refractivity contribution in [2.75, 3.05) is 6.54 Å². The Morgan fingerprint density at radius 1 is 1.15 bits per heavy atom. The van der Waals surface area contributed by atoms with Crippen molar-refractivity contribution in [1.82, 2.24) is 25.5 Å². The van der Waals surface area contributed by atoms with E-state index in [-0.39, 0.29) is 17.1 Å². The fourth-order valence-electron chi connectivity index (χ4n) is 2.68. The van der Waals surface area contributed by atoms with Crippen molar-refractivity contribution in [3.63, 3.8) is 0 Å². The van der Waals surface area contributed by atoms with Gasteiger partial charge in [-0.2, -0.15) is 4.68 Å². The van der Waals surface area contributed by atoms with Gasteiger partial charge in [0.2, 0.25) is 11.1 Å². The number of carbonyl (C=O) groups excluding carboxylic acids is 1. The summed E-state index contributed by atoms with van der Waals surface area (Å²) in [5.41, 5.74) is 3.22. The zero-order valence-corrected chi connectivity index (χ0v) is 16.5. The molecule has 27 heavy (non-hydrogen) atoms. The second-order valence-corrected chi connectivity index (χ2v) is 7.84. The summed E-state index contributed by atoms with van der Waals surface area (Å²) < 4.78 is 1.66. The van der Waals surface area contributed by atoms with Gasteiger partial charge in [0.05, 0.1) is 10.9 Å². The van der Waals surface area contributed by atoms with Gasteiger partial charge in [0.25, 0.3) is 0 Å². The number of nitrogens with zero attached hydrogens (tertiary/aromatic N) is 4. The second kappa shape index (κ2) is 8.81. The Kier molecular flexibility index (Phi) is 6.24. The number of aryl methyl sites for hydroxylation is 1. The van der Waals surface area contributed by atoms with Crippen LogP contribution in [0.3, 0.4) is 0 Å². The molecular formula is C20H23N5OS. The summed E-state index contributed by atoms with van der Waals surface area (Å²) in [6.45, 7) is 6.58. The minimum absolute atomic E-state index is 0.0263. The third kappa shape index (κ3) is 4.95. The molecule has 1 heterocycles. The molecular weight excluding hydrogens is 358 g/mol. The number of thioether (sulfide) groups is 1. The van der Waals surface area contributed by atoms with Gasteiger partial charge in [0.1, 0.15) is 0 Å². The van der Waals surface area contributed by atoms with E-state index in [1.807, 2.05) is 56.3 Å². The Morgan fingerprint density at radius 2 is 1.93 bits per heavy atom. The van der Waals surface area contributed by atoms with Gasteiger partial charge in [-0.15, -0.1) is 5.10 Å². The number of tetrazole rings is 1. The van der Waals surface area contributed by atoms with Gasteiger partial charge in [-0.05, 0) is 53.5 Å². The number of nitrogens with one attached hydrogen (secondary N) is 1. The summed E-state index contributed by atoms with van der Waals surface area (Å²) in [5.74, 6) is 0.228. The molecule has 7 heteroatoms. The number of aromatic nitrogens is 4. The number of hydrogen-bond acceptors (Lipinski definition) is 5. The first-order valence-electron chi connectivity index (χ1n) is 8.89. The molecule has 1 amide bonds. The van der Waals surface area contributed by atoms with E-state index in [0.717, 1.165) is 11.3 Å². The molecule has 3 aromatic rings. The van der Waals surface area contributed by atoms with Crippen molar-refractivity contribution in [2.45, 2.75) is 37.1 Å². The van der Waals surface area contributed by atoms with Crippen LogP contribution in [0.15, 0.2) is 59.8 Å². The molecule has 140 valence electrons. The van der Waals surface area contributed by atoms with Gasteiger partial charge < -0.3 is 5.32 Å². The van der Waals surface area contributed by atoms with Gasteiger partial charge in [-0.3, -0.25) is 4.79 Å². The number of hydrogen-bond donors (Lipinski definition) is 1. The Labute approximate surface area is 163 Å². The van der Waals surface area contributed by atoms with E-state index in [1.165, 1.54) is 17.3 Å². The number of carbonyl (C=O) groups is 1. The van der Waals surface area contributed by atoms with E-state index >= 15 is 0 Å². The standard InChI is InChI=1S/C20H23N5OS/c1-14-8-7-11-18(12-14)25-20(22-23-24-25)27-16(3)19(26)21-13-15(2)17-9-5-4-6-10-17/h4-12,15-16H,13H2,1-3H3,(H,21,26). The number of rotatable bonds is 7. The molecule has 3 rings (SSSR count). The molecule has 0 radical (unpaired) electrons. The van der Waals surface area contributed by atoms with Gasteiger partial charge in [0.15, 0.2) is 0 Å². The largest absolute Gasteiger partial charge is 0.355 e.